The number of sulfonamides is 1. The van der Waals surface area contributed by atoms with E-state index in [2.05, 4.69) is 5.32 Å². The van der Waals surface area contributed by atoms with Crippen molar-refractivity contribution in [2.45, 2.75) is 44.4 Å². The monoisotopic (exact) mass is 316 g/mol. The minimum absolute atomic E-state index is 0.163. The molecule has 0 saturated carbocycles. The summed E-state index contributed by atoms with van der Waals surface area (Å²) in [6, 6.07) is 3.08. The average molecular weight is 316 g/mol. The number of benzene rings is 1. The molecule has 0 aromatic heterocycles. The summed E-state index contributed by atoms with van der Waals surface area (Å²) in [4.78, 5) is 11.9. The average Bonchev–Trinajstić information content (AvgIpc) is 2.39. The van der Waals surface area contributed by atoms with Crippen LogP contribution in [0.15, 0.2) is 23.1 Å². The number of carbonyl (C=O) groups excluding carboxylic acids is 1. The standard InChI is InChI=1S/C14H21FN2O3S/c1-3-5-10(6-4-2)14(18)17-13-9-11(21(16,19)20)7-8-12(13)15/h7-10H,3-6H2,1-2H3,(H,17,18)(H2,16,19,20). The Morgan fingerprint density at radius 2 is 1.86 bits per heavy atom. The van der Waals surface area contributed by atoms with E-state index in [0.29, 0.717) is 12.8 Å². The van der Waals surface area contributed by atoms with Crippen molar-refractivity contribution in [3.8, 4) is 0 Å². The highest BCUT2D eigenvalue weighted by Crippen LogP contribution is 2.21. The van der Waals surface area contributed by atoms with Crippen LogP contribution < -0.4 is 10.5 Å². The molecule has 21 heavy (non-hydrogen) atoms. The highest BCUT2D eigenvalue weighted by atomic mass is 32.2. The number of anilines is 1. The van der Waals surface area contributed by atoms with Gasteiger partial charge < -0.3 is 5.32 Å². The highest BCUT2D eigenvalue weighted by Gasteiger charge is 2.19. The normalized spacial score (nSPS) is 11.7. The number of nitrogens with two attached hydrogens (primary N) is 1. The van der Waals surface area contributed by atoms with Crippen molar-refractivity contribution in [3.63, 3.8) is 0 Å². The first-order chi connectivity index (χ1) is 9.79. The zero-order valence-corrected chi connectivity index (χ0v) is 13.0. The lowest BCUT2D eigenvalue weighted by molar-refractivity contribution is -0.120. The number of primary sulfonamides is 1. The van der Waals surface area contributed by atoms with Crippen LogP contribution in [0.4, 0.5) is 10.1 Å². The van der Waals surface area contributed by atoms with Gasteiger partial charge in [0, 0.05) is 5.92 Å². The van der Waals surface area contributed by atoms with Gasteiger partial charge in [-0.1, -0.05) is 26.7 Å². The fourth-order valence-corrected chi connectivity index (χ4v) is 2.66. The number of hydrogen-bond donors (Lipinski definition) is 2. The van der Waals surface area contributed by atoms with Crippen molar-refractivity contribution in [2.24, 2.45) is 11.1 Å². The van der Waals surface area contributed by atoms with Gasteiger partial charge in [0.2, 0.25) is 15.9 Å². The second kappa shape index (κ2) is 7.51. The third-order valence-corrected chi connectivity index (χ3v) is 4.08. The molecule has 0 fully saturated rings. The van der Waals surface area contributed by atoms with Crippen molar-refractivity contribution < 1.29 is 17.6 Å². The Morgan fingerprint density at radius 1 is 1.29 bits per heavy atom. The van der Waals surface area contributed by atoms with Gasteiger partial charge in [0.15, 0.2) is 0 Å². The second-order valence-corrected chi connectivity index (χ2v) is 6.51. The fraction of sp³-hybridized carbons (Fsp3) is 0.500. The third kappa shape index (κ3) is 5.09. The molecule has 0 aliphatic carbocycles. The van der Waals surface area contributed by atoms with Crippen LogP contribution in [-0.2, 0) is 14.8 Å². The van der Waals surface area contributed by atoms with Crippen molar-refractivity contribution in [1.82, 2.24) is 0 Å². The lowest BCUT2D eigenvalue weighted by atomic mass is 9.97. The summed E-state index contributed by atoms with van der Waals surface area (Å²) in [6.07, 6.45) is 3.10. The number of nitrogens with one attached hydrogen (secondary N) is 1. The van der Waals surface area contributed by atoms with Crippen LogP contribution in [0, 0.1) is 11.7 Å². The predicted molar refractivity (Wildman–Crippen MR) is 79.7 cm³/mol. The van der Waals surface area contributed by atoms with Crippen molar-refractivity contribution in [2.75, 3.05) is 5.32 Å². The number of carbonyl (C=O) groups is 1. The van der Waals surface area contributed by atoms with Gasteiger partial charge in [-0.2, -0.15) is 0 Å². The quantitative estimate of drug-likeness (QED) is 0.810. The lowest BCUT2D eigenvalue weighted by Gasteiger charge is -2.16. The number of rotatable bonds is 7. The lowest BCUT2D eigenvalue weighted by Crippen LogP contribution is -2.23. The second-order valence-electron chi connectivity index (χ2n) is 4.95. The molecule has 0 radical (unpaired) electrons. The molecule has 0 aliphatic rings. The molecule has 0 atom stereocenters. The summed E-state index contributed by atoms with van der Waals surface area (Å²) in [5.41, 5.74) is -0.163. The molecule has 0 heterocycles. The van der Waals surface area contributed by atoms with E-state index in [1.807, 2.05) is 13.8 Å². The Labute approximate surface area is 124 Å². The molecule has 3 N–H and O–H groups in total. The molecule has 118 valence electrons. The van der Waals surface area contributed by atoms with Gasteiger partial charge in [0.1, 0.15) is 5.82 Å². The minimum Gasteiger partial charge on any atom is -0.323 e. The van der Waals surface area contributed by atoms with Crippen molar-refractivity contribution in [3.05, 3.63) is 24.0 Å². The first kappa shape index (κ1) is 17.6. The van der Waals surface area contributed by atoms with E-state index in [-0.39, 0.29) is 22.4 Å². The maximum atomic E-state index is 13.7. The highest BCUT2D eigenvalue weighted by molar-refractivity contribution is 7.89. The predicted octanol–water partition coefficient (Wildman–Crippen LogP) is 2.63. The number of hydrogen-bond acceptors (Lipinski definition) is 3. The van der Waals surface area contributed by atoms with Gasteiger partial charge in [-0.15, -0.1) is 0 Å². The Balaban J connectivity index is 2.98. The van der Waals surface area contributed by atoms with E-state index in [1.54, 1.807) is 0 Å². The molecular weight excluding hydrogens is 295 g/mol. The zero-order chi connectivity index (χ0) is 16.0. The Kier molecular flexibility index (Phi) is 6.29. The van der Waals surface area contributed by atoms with Crippen LogP contribution in [0.5, 0.6) is 0 Å². The molecule has 7 heteroatoms. The maximum absolute atomic E-state index is 13.7. The minimum atomic E-state index is -3.94. The maximum Gasteiger partial charge on any atom is 0.238 e. The molecule has 0 aliphatic heterocycles. The van der Waals surface area contributed by atoms with Crippen LogP contribution >= 0.6 is 0 Å². The molecule has 0 bridgehead atoms. The van der Waals surface area contributed by atoms with E-state index in [9.17, 15) is 17.6 Å². The van der Waals surface area contributed by atoms with Crippen LogP contribution in [-0.4, -0.2) is 14.3 Å². The molecular formula is C14H21FN2O3S. The van der Waals surface area contributed by atoms with Gasteiger partial charge in [-0.25, -0.2) is 17.9 Å². The van der Waals surface area contributed by atoms with Crippen LogP contribution in [0.3, 0.4) is 0 Å². The van der Waals surface area contributed by atoms with E-state index in [1.165, 1.54) is 0 Å². The van der Waals surface area contributed by atoms with Crippen LogP contribution in [0.2, 0.25) is 0 Å². The van der Waals surface area contributed by atoms with E-state index in [0.717, 1.165) is 31.0 Å². The molecule has 0 spiro atoms. The van der Waals surface area contributed by atoms with Gasteiger partial charge in [-0.3, -0.25) is 4.79 Å². The molecule has 5 nitrogen and oxygen atoms in total. The summed E-state index contributed by atoms with van der Waals surface area (Å²) in [6.45, 7) is 3.94. The topological polar surface area (TPSA) is 89.3 Å². The Bertz CT molecular complexity index is 596. The number of halogens is 1. The van der Waals surface area contributed by atoms with Crippen molar-refractivity contribution in [1.29, 1.82) is 0 Å². The summed E-state index contributed by atoms with van der Waals surface area (Å²) in [5, 5.41) is 7.46. The fourth-order valence-electron chi connectivity index (χ4n) is 2.12. The largest absolute Gasteiger partial charge is 0.323 e. The summed E-state index contributed by atoms with van der Waals surface area (Å²) >= 11 is 0. The molecule has 0 saturated heterocycles. The molecule has 1 amide bonds. The molecule has 0 unspecified atom stereocenters. The number of amides is 1. The Hall–Kier alpha value is -1.47. The summed E-state index contributed by atoms with van der Waals surface area (Å²) in [5.74, 6) is -1.20. The van der Waals surface area contributed by atoms with Crippen LogP contribution in [0.1, 0.15) is 39.5 Å². The molecule has 1 rings (SSSR count). The SMILES string of the molecule is CCCC(CCC)C(=O)Nc1cc(S(N)(=O)=O)ccc1F. The van der Waals surface area contributed by atoms with Gasteiger partial charge in [0.05, 0.1) is 10.6 Å². The van der Waals surface area contributed by atoms with Crippen LogP contribution in [0.25, 0.3) is 0 Å². The first-order valence-corrected chi connectivity index (χ1v) is 8.47. The third-order valence-electron chi connectivity index (χ3n) is 3.17. The van der Waals surface area contributed by atoms with E-state index in [4.69, 9.17) is 5.14 Å². The van der Waals surface area contributed by atoms with Gasteiger partial charge in [-0.05, 0) is 31.0 Å². The Morgan fingerprint density at radius 3 is 2.33 bits per heavy atom. The van der Waals surface area contributed by atoms with E-state index >= 15 is 0 Å². The molecule has 1 aromatic rings. The van der Waals surface area contributed by atoms with Gasteiger partial charge >= 0.3 is 0 Å². The smallest absolute Gasteiger partial charge is 0.238 e. The van der Waals surface area contributed by atoms with Gasteiger partial charge in [0.25, 0.3) is 0 Å². The van der Waals surface area contributed by atoms with E-state index < -0.39 is 15.8 Å². The summed E-state index contributed by atoms with van der Waals surface area (Å²) in [7, 11) is -3.94. The summed E-state index contributed by atoms with van der Waals surface area (Å²) < 4.78 is 36.2. The molecule has 1 aromatic carbocycles. The zero-order valence-electron chi connectivity index (χ0n) is 12.2. The van der Waals surface area contributed by atoms with Crippen molar-refractivity contribution >= 4 is 21.6 Å². The first-order valence-electron chi connectivity index (χ1n) is 6.92.